The van der Waals surface area contributed by atoms with Crippen LogP contribution < -0.4 is 10.6 Å². The summed E-state index contributed by atoms with van der Waals surface area (Å²) in [6.07, 6.45) is 8.39. The number of H-pyrrole nitrogens is 1. The maximum atomic E-state index is 12.6. The number of aromatic nitrogens is 3. The second kappa shape index (κ2) is 6.98. The molecule has 0 unspecified atom stereocenters. The molecule has 0 aliphatic carbocycles. The Morgan fingerprint density at radius 3 is 2.86 bits per heavy atom. The predicted molar refractivity (Wildman–Crippen MR) is 109 cm³/mol. The van der Waals surface area contributed by atoms with Crippen molar-refractivity contribution in [2.45, 2.75) is 6.92 Å². The van der Waals surface area contributed by atoms with Crippen molar-refractivity contribution in [1.82, 2.24) is 15.0 Å². The molecule has 1 aliphatic rings. The lowest BCUT2D eigenvalue weighted by atomic mass is 10.1. The molecule has 8 nitrogen and oxygen atoms in total. The fraction of sp³-hybridized carbons (Fsp3) is 0.0476. The molecular weight excluding hydrogens is 370 g/mol. The molecule has 3 heterocycles. The van der Waals surface area contributed by atoms with Crippen LogP contribution in [-0.4, -0.2) is 31.9 Å². The van der Waals surface area contributed by atoms with Crippen LogP contribution in [-0.2, 0) is 4.79 Å². The molecule has 8 heteroatoms. The van der Waals surface area contributed by atoms with Gasteiger partial charge in [-0.1, -0.05) is 12.0 Å². The van der Waals surface area contributed by atoms with Gasteiger partial charge in [0.1, 0.15) is 23.7 Å². The Morgan fingerprint density at radius 1 is 1.31 bits per heavy atom. The van der Waals surface area contributed by atoms with Gasteiger partial charge in [-0.25, -0.2) is 14.8 Å². The number of aryl methyl sites for hydroxylation is 1. The highest BCUT2D eigenvalue weighted by Crippen LogP contribution is 2.37. The first-order valence-corrected chi connectivity index (χ1v) is 8.61. The molecule has 0 radical (unpaired) electrons. The van der Waals surface area contributed by atoms with Gasteiger partial charge >= 0.3 is 5.97 Å². The number of fused-ring (bicyclic) bond motifs is 1. The third-order valence-corrected chi connectivity index (χ3v) is 4.46. The Morgan fingerprint density at radius 2 is 2.14 bits per heavy atom. The summed E-state index contributed by atoms with van der Waals surface area (Å²) in [4.78, 5) is 35.0. The number of hydrogen-bond acceptors (Lipinski definition) is 5. The number of anilines is 3. The van der Waals surface area contributed by atoms with Crippen molar-refractivity contribution < 1.29 is 14.7 Å². The molecule has 0 atom stereocenters. The minimum atomic E-state index is -1.08. The zero-order valence-corrected chi connectivity index (χ0v) is 15.3. The van der Waals surface area contributed by atoms with Gasteiger partial charge in [0.15, 0.2) is 0 Å². The Hall–Kier alpha value is -4.38. The standard InChI is InChI=1S/C21H15N5O3/c1-3-12-5-4-6-13(8-12)24-18-17-14(20(27)26-19(17)23-10-22-18)9-15-11(2)7-16(25-15)21(28)29/h1,4-10,25H,2H3,(H,28,29)(H2,22,23,24,26,27)/b14-9-. The van der Waals surface area contributed by atoms with E-state index in [1.54, 1.807) is 25.1 Å². The van der Waals surface area contributed by atoms with Crippen LogP contribution in [0.2, 0.25) is 0 Å². The molecule has 0 saturated heterocycles. The largest absolute Gasteiger partial charge is 0.477 e. The molecule has 3 aromatic rings. The maximum absolute atomic E-state index is 12.6. The molecule has 29 heavy (non-hydrogen) atoms. The number of nitrogens with zero attached hydrogens (tertiary/aromatic N) is 2. The van der Waals surface area contributed by atoms with Gasteiger partial charge in [-0.05, 0) is 42.8 Å². The van der Waals surface area contributed by atoms with E-state index in [4.69, 9.17) is 11.5 Å². The summed E-state index contributed by atoms with van der Waals surface area (Å²) in [6, 6.07) is 8.75. The fourth-order valence-electron chi connectivity index (χ4n) is 3.06. The summed E-state index contributed by atoms with van der Waals surface area (Å²) in [6.45, 7) is 1.76. The third kappa shape index (κ3) is 3.33. The minimum Gasteiger partial charge on any atom is -0.477 e. The van der Waals surface area contributed by atoms with Gasteiger partial charge in [0.25, 0.3) is 5.91 Å². The average molecular weight is 385 g/mol. The Balaban J connectivity index is 1.79. The first-order chi connectivity index (χ1) is 14.0. The van der Waals surface area contributed by atoms with E-state index in [-0.39, 0.29) is 11.6 Å². The number of rotatable bonds is 4. The highest BCUT2D eigenvalue weighted by atomic mass is 16.4. The Kier molecular flexibility index (Phi) is 4.33. The molecule has 1 aromatic carbocycles. The normalized spacial score (nSPS) is 13.7. The molecule has 0 saturated carbocycles. The van der Waals surface area contributed by atoms with Crippen LogP contribution in [0, 0.1) is 19.3 Å². The SMILES string of the molecule is C#Cc1cccc(Nc2ncnc3c2/C(=C/c2[nH]c(C(=O)O)cc2C)C(=O)N3)c1. The summed E-state index contributed by atoms with van der Waals surface area (Å²) < 4.78 is 0. The van der Waals surface area contributed by atoms with Crippen molar-refractivity contribution in [2.75, 3.05) is 10.6 Å². The van der Waals surface area contributed by atoms with E-state index in [1.807, 2.05) is 12.1 Å². The molecular formula is C21H15N5O3. The molecule has 1 aliphatic heterocycles. The molecule has 142 valence electrons. The molecule has 0 bridgehead atoms. The van der Waals surface area contributed by atoms with Crippen molar-refractivity contribution >= 4 is 40.8 Å². The number of aromatic carboxylic acids is 1. The highest BCUT2D eigenvalue weighted by molar-refractivity contribution is 6.35. The van der Waals surface area contributed by atoms with Gasteiger partial charge in [0, 0.05) is 16.9 Å². The van der Waals surface area contributed by atoms with Crippen LogP contribution >= 0.6 is 0 Å². The number of nitrogens with one attached hydrogen (secondary N) is 3. The lowest BCUT2D eigenvalue weighted by Gasteiger charge is -2.10. The molecule has 4 N–H and O–H groups in total. The Labute approximate surface area is 165 Å². The van der Waals surface area contributed by atoms with E-state index in [2.05, 4.69) is 31.5 Å². The number of amides is 1. The quantitative estimate of drug-likeness (QED) is 0.405. The monoisotopic (exact) mass is 385 g/mol. The number of benzene rings is 1. The zero-order chi connectivity index (χ0) is 20.5. The summed E-state index contributed by atoms with van der Waals surface area (Å²) in [7, 11) is 0. The highest BCUT2D eigenvalue weighted by Gasteiger charge is 2.29. The van der Waals surface area contributed by atoms with Crippen molar-refractivity contribution in [1.29, 1.82) is 0 Å². The first kappa shape index (κ1) is 18.0. The van der Waals surface area contributed by atoms with Crippen LogP contribution in [0.5, 0.6) is 0 Å². The van der Waals surface area contributed by atoms with Gasteiger partial charge in [-0.15, -0.1) is 6.42 Å². The third-order valence-electron chi connectivity index (χ3n) is 4.46. The van der Waals surface area contributed by atoms with Crippen LogP contribution in [0.4, 0.5) is 17.3 Å². The van der Waals surface area contributed by atoms with Crippen molar-refractivity contribution in [3.05, 3.63) is 64.7 Å². The predicted octanol–water partition coefficient (Wildman–Crippen LogP) is 3.03. The topological polar surface area (TPSA) is 120 Å². The summed E-state index contributed by atoms with van der Waals surface area (Å²) in [5.74, 6) is 1.94. The maximum Gasteiger partial charge on any atom is 0.352 e. The van der Waals surface area contributed by atoms with Crippen molar-refractivity contribution in [3.8, 4) is 12.3 Å². The number of carbonyl (C=O) groups is 2. The molecule has 2 aromatic heterocycles. The number of terminal acetylenes is 1. The van der Waals surface area contributed by atoms with Crippen molar-refractivity contribution in [2.24, 2.45) is 0 Å². The summed E-state index contributed by atoms with van der Waals surface area (Å²) >= 11 is 0. The van der Waals surface area contributed by atoms with Crippen LogP contribution in [0.25, 0.3) is 11.6 Å². The van der Waals surface area contributed by atoms with E-state index in [0.29, 0.717) is 45.3 Å². The van der Waals surface area contributed by atoms with Gasteiger partial charge in [0.05, 0.1) is 11.1 Å². The van der Waals surface area contributed by atoms with E-state index < -0.39 is 5.97 Å². The van der Waals surface area contributed by atoms with Gasteiger partial charge in [-0.3, -0.25) is 4.79 Å². The van der Waals surface area contributed by atoms with Crippen molar-refractivity contribution in [3.63, 3.8) is 0 Å². The number of aromatic amines is 1. The lowest BCUT2D eigenvalue weighted by molar-refractivity contribution is -0.110. The number of carbonyl (C=O) groups excluding carboxylic acids is 1. The molecule has 0 spiro atoms. The van der Waals surface area contributed by atoms with E-state index in [1.165, 1.54) is 12.4 Å². The summed E-state index contributed by atoms with van der Waals surface area (Å²) in [5, 5.41) is 15.0. The van der Waals surface area contributed by atoms with Crippen LogP contribution in [0.15, 0.2) is 36.7 Å². The smallest absolute Gasteiger partial charge is 0.352 e. The second-order valence-electron chi connectivity index (χ2n) is 6.39. The fourth-order valence-corrected chi connectivity index (χ4v) is 3.06. The minimum absolute atomic E-state index is 0.0433. The number of carboxylic acids is 1. The van der Waals surface area contributed by atoms with E-state index >= 15 is 0 Å². The Bertz CT molecular complexity index is 1230. The van der Waals surface area contributed by atoms with E-state index in [0.717, 1.165) is 0 Å². The number of hydrogen-bond donors (Lipinski definition) is 4. The second-order valence-corrected chi connectivity index (χ2v) is 6.39. The number of carboxylic acid groups (broad SMARTS) is 1. The van der Waals surface area contributed by atoms with Gasteiger partial charge in [0.2, 0.25) is 0 Å². The summed E-state index contributed by atoms with van der Waals surface area (Å²) in [5.41, 5.74) is 3.49. The lowest BCUT2D eigenvalue weighted by Crippen LogP contribution is -2.04. The van der Waals surface area contributed by atoms with Crippen LogP contribution in [0.3, 0.4) is 0 Å². The van der Waals surface area contributed by atoms with E-state index in [9.17, 15) is 9.59 Å². The van der Waals surface area contributed by atoms with Gasteiger partial charge < -0.3 is 20.7 Å². The molecule has 4 rings (SSSR count). The first-order valence-electron chi connectivity index (χ1n) is 8.61. The molecule has 0 fully saturated rings. The zero-order valence-electron chi connectivity index (χ0n) is 15.3. The average Bonchev–Trinajstić information content (AvgIpc) is 3.23. The van der Waals surface area contributed by atoms with Crippen LogP contribution in [0.1, 0.15) is 32.9 Å². The van der Waals surface area contributed by atoms with Gasteiger partial charge in [-0.2, -0.15) is 0 Å². The molecule has 1 amide bonds.